The molecule has 0 aliphatic carbocycles. The second kappa shape index (κ2) is 7.51. The summed E-state index contributed by atoms with van der Waals surface area (Å²) in [7, 11) is 3.01. The van der Waals surface area contributed by atoms with E-state index in [1.165, 1.54) is 7.11 Å². The smallest absolute Gasteiger partial charge is 0.327 e. The molecular weight excluding hydrogens is 298 g/mol. The van der Waals surface area contributed by atoms with Crippen LogP contribution in [0.3, 0.4) is 0 Å². The van der Waals surface area contributed by atoms with E-state index >= 15 is 0 Å². The lowest BCUT2D eigenvalue weighted by Gasteiger charge is -2.17. The molecule has 1 N–H and O–H groups in total. The Morgan fingerprint density at radius 1 is 1.44 bits per heavy atom. The van der Waals surface area contributed by atoms with Gasteiger partial charge in [0.25, 0.3) is 0 Å². The highest BCUT2D eigenvalue weighted by Gasteiger charge is 2.20. The zero-order valence-electron chi connectivity index (χ0n) is 10.8. The summed E-state index contributed by atoms with van der Waals surface area (Å²) in [6.45, 7) is 3.13. The summed E-state index contributed by atoms with van der Waals surface area (Å²) in [5.41, 5.74) is 2.00. The Labute approximate surface area is 116 Å². The molecule has 1 rings (SSSR count). The van der Waals surface area contributed by atoms with Crippen LogP contribution in [-0.2, 0) is 14.3 Å². The maximum Gasteiger partial charge on any atom is 0.327 e. The molecule has 0 heterocycles. The quantitative estimate of drug-likeness (QED) is 0.646. The molecule has 0 aromatic heterocycles. The van der Waals surface area contributed by atoms with Gasteiger partial charge >= 0.3 is 5.97 Å². The number of hydrogen-bond acceptors (Lipinski definition) is 4. The van der Waals surface area contributed by atoms with Crippen molar-refractivity contribution in [2.24, 2.45) is 0 Å². The van der Waals surface area contributed by atoms with Crippen molar-refractivity contribution in [3.63, 3.8) is 0 Å². The standard InChI is InChI=1S/C13H18BrNO3/c1-9-4-5-10(8-11(9)14)12(13(16)18-3)15-6-7-17-2/h4-5,8,12,15H,6-7H2,1-3H3. The Bertz CT molecular complexity index is 409. The molecule has 0 bridgehead atoms. The van der Waals surface area contributed by atoms with Crippen molar-refractivity contribution < 1.29 is 14.3 Å². The molecule has 1 unspecified atom stereocenters. The number of methoxy groups -OCH3 is 2. The van der Waals surface area contributed by atoms with Gasteiger partial charge in [-0.05, 0) is 24.1 Å². The van der Waals surface area contributed by atoms with Gasteiger partial charge in [-0.1, -0.05) is 28.1 Å². The summed E-state index contributed by atoms with van der Waals surface area (Å²) < 4.78 is 10.7. The van der Waals surface area contributed by atoms with Gasteiger partial charge in [-0.15, -0.1) is 0 Å². The van der Waals surface area contributed by atoms with Crippen LogP contribution in [-0.4, -0.2) is 33.3 Å². The average molecular weight is 316 g/mol. The lowest BCUT2D eigenvalue weighted by molar-refractivity contribution is -0.143. The number of carbonyl (C=O) groups excluding carboxylic acids is 1. The summed E-state index contributed by atoms with van der Waals surface area (Å²) in [5.74, 6) is -0.304. The first-order chi connectivity index (χ1) is 8.60. The van der Waals surface area contributed by atoms with Crippen molar-refractivity contribution in [1.82, 2.24) is 5.32 Å². The third-order valence-corrected chi connectivity index (χ3v) is 3.48. The molecule has 4 nitrogen and oxygen atoms in total. The van der Waals surface area contributed by atoms with Crippen molar-refractivity contribution in [3.8, 4) is 0 Å². The minimum Gasteiger partial charge on any atom is -0.468 e. The van der Waals surface area contributed by atoms with Gasteiger partial charge in [0.2, 0.25) is 0 Å². The number of hydrogen-bond donors (Lipinski definition) is 1. The van der Waals surface area contributed by atoms with Gasteiger partial charge in [-0.2, -0.15) is 0 Å². The first-order valence-electron chi connectivity index (χ1n) is 5.66. The molecule has 1 aromatic carbocycles. The second-order valence-electron chi connectivity index (χ2n) is 3.91. The Balaban J connectivity index is 2.87. The molecule has 1 aromatic rings. The number of esters is 1. The minimum atomic E-state index is -0.470. The van der Waals surface area contributed by atoms with Crippen molar-refractivity contribution in [2.75, 3.05) is 27.4 Å². The summed E-state index contributed by atoms with van der Waals surface area (Å²) in [6.07, 6.45) is 0. The third-order valence-electron chi connectivity index (χ3n) is 2.62. The van der Waals surface area contributed by atoms with Gasteiger partial charge in [0.05, 0.1) is 13.7 Å². The number of aryl methyl sites for hydroxylation is 1. The lowest BCUT2D eigenvalue weighted by Crippen LogP contribution is -2.32. The van der Waals surface area contributed by atoms with Gasteiger partial charge in [-0.25, -0.2) is 4.79 Å². The summed E-state index contributed by atoms with van der Waals surface area (Å²) in [6, 6.07) is 5.34. The minimum absolute atomic E-state index is 0.304. The monoisotopic (exact) mass is 315 g/mol. The van der Waals surface area contributed by atoms with Crippen molar-refractivity contribution >= 4 is 21.9 Å². The molecule has 0 saturated carbocycles. The molecule has 0 spiro atoms. The predicted octanol–water partition coefficient (Wildman–Crippen LogP) is 2.21. The first-order valence-corrected chi connectivity index (χ1v) is 6.45. The summed E-state index contributed by atoms with van der Waals surface area (Å²) in [5, 5.41) is 3.11. The normalized spacial score (nSPS) is 12.2. The van der Waals surface area contributed by atoms with E-state index in [-0.39, 0.29) is 5.97 Å². The number of ether oxygens (including phenoxy) is 2. The summed E-state index contributed by atoms with van der Waals surface area (Å²) >= 11 is 3.46. The fourth-order valence-corrected chi connectivity index (χ4v) is 1.95. The average Bonchev–Trinajstić information content (AvgIpc) is 2.37. The van der Waals surface area contributed by atoms with E-state index in [9.17, 15) is 4.79 Å². The lowest BCUT2D eigenvalue weighted by atomic mass is 10.1. The number of carbonyl (C=O) groups is 1. The maximum absolute atomic E-state index is 11.8. The van der Waals surface area contributed by atoms with E-state index in [2.05, 4.69) is 21.2 Å². The fourth-order valence-electron chi connectivity index (χ4n) is 1.55. The number of halogens is 1. The van der Waals surface area contributed by atoms with Gasteiger partial charge < -0.3 is 9.47 Å². The highest BCUT2D eigenvalue weighted by molar-refractivity contribution is 9.10. The topological polar surface area (TPSA) is 47.6 Å². The van der Waals surface area contributed by atoms with E-state index in [0.29, 0.717) is 13.2 Å². The zero-order valence-corrected chi connectivity index (χ0v) is 12.4. The molecule has 5 heteroatoms. The molecule has 0 amide bonds. The molecule has 0 radical (unpaired) electrons. The highest BCUT2D eigenvalue weighted by Crippen LogP contribution is 2.22. The number of rotatable bonds is 6. The zero-order chi connectivity index (χ0) is 13.5. The van der Waals surface area contributed by atoms with Crippen LogP contribution in [0.5, 0.6) is 0 Å². The predicted molar refractivity (Wildman–Crippen MR) is 73.5 cm³/mol. The molecule has 0 aliphatic rings. The van der Waals surface area contributed by atoms with Crippen molar-refractivity contribution in [2.45, 2.75) is 13.0 Å². The molecule has 18 heavy (non-hydrogen) atoms. The Hall–Kier alpha value is -0.910. The van der Waals surface area contributed by atoms with Crippen molar-refractivity contribution in [1.29, 1.82) is 0 Å². The van der Waals surface area contributed by atoms with E-state index in [1.54, 1.807) is 7.11 Å². The van der Waals surface area contributed by atoms with Crippen LogP contribution in [0.2, 0.25) is 0 Å². The Kier molecular flexibility index (Phi) is 6.32. The molecule has 0 fully saturated rings. The molecule has 0 saturated heterocycles. The van der Waals surface area contributed by atoms with Crippen LogP contribution in [0.4, 0.5) is 0 Å². The van der Waals surface area contributed by atoms with E-state index in [0.717, 1.165) is 15.6 Å². The maximum atomic E-state index is 11.8. The van der Waals surface area contributed by atoms with Crippen LogP contribution in [0, 0.1) is 6.92 Å². The van der Waals surface area contributed by atoms with E-state index in [4.69, 9.17) is 9.47 Å². The first kappa shape index (κ1) is 15.1. The second-order valence-corrected chi connectivity index (χ2v) is 4.77. The number of nitrogens with one attached hydrogen (secondary N) is 1. The van der Waals surface area contributed by atoms with Crippen LogP contribution >= 0.6 is 15.9 Å². The van der Waals surface area contributed by atoms with Gasteiger partial charge in [0.1, 0.15) is 6.04 Å². The molecule has 0 aliphatic heterocycles. The van der Waals surface area contributed by atoms with E-state index < -0.39 is 6.04 Å². The Morgan fingerprint density at radius 3 is 2.72 bits per heavy atom. The van der Waals surface area contributed by atoms with Crippen LogP contribution in [0.1, 0.15) is 17.2 Å². The highest BCUT2D eigenvalue weighted by atomic mass is 79.9. The van der Waals surface area contributed by atoms with Gasteiger partial charge in [-0.3, -0.25) is 5.32 Å². The van der Waals surface area contributed by atoms with Crippen LogP contribution in [0.25, 0.3) is 0 Å². The largest absolute Gasteiger partial charge is 0.468 e. The molecule has 1 atom stereocenters. The van der Waals surface area contributed by atoms with Crippen LogP contribution < -0.4 is 5.32 Å². The molecular formula is C13H18BrNO3. The number of benzene rings is 1. The van der Waals surface area contributed by atoms with E-state index in [1.807, 2.05) is 25.1 Å². The van der Waals surface area contributed by atoms with Gasteiger partial charge in [0, 0.05) is 18.1 Å². The Morgan fingerprint density at radius 2 is 2.17 bits per heavy atom. The van der Waals surface area contributed by atoms with Crippen LogP contribution in [0.15, 0.2) is 22.7 Å². The van der Waals surface area contributed by atoms with Crippen molar-refractivity contribution in [3.05, 3.63) is 33.8 Å². The fraction of sp³-hybridized carbons (Fsp3) is 0.462. The third kappa shape index (κ3) is 4.08. The SMILES string of the molecule is COCCNC(C(=O)OC)c1ccc(C)c(Br)c1. The summed E-state index contributed by atoms with van der Waals surface area (Å²) in [4.78, 5) is 11.8. The van der Waals surface area contributed by atoms with Gasteiger partial charge in [0.15, 0.2) is 0 Å². The molecule has 100 valence electrons.